The van der Waals surface area contributed by atoms with Gasteiger partial charge in [0, 0.05) is 12.1 Å². The quantitative estimate of drug-likeness (QED) is 0.619. The van der Waals surface area contributed by atoms with E-state index in [0.29, 0.717) is 5.56 Å². The molecule has 7 heteroatoms. The lowest BCUT2D eigenvalue weighted by Crippen LogP contribution is -2.09. The molecule has 0 spiro atoms. The number of hydrogen-bond acceptors (Lipinski definition) is 5. The Morgan fingerprint density at radius 1 is 1.62 bits per heavy atom. The molecule has 3 N–H and O–H groups in total. The molecule has 0 radical (unpaired) electrons. The average Bonchev–Trinajstić information content (AvgIpc) is 2.18. The van der Waals surface area contributed by atoms with E-state index in [1.165, 1.54) is 18.2 Å². The van der Waals surface area contributed by atoms with Crippen molar-refractivity contribution < 1.29 is 10.0 Å². The Labute approximate surface area is 97.9 Å². The van der Waals surface area contributed by atoms with Crippen LogP contribution in [0.4, 0.5) is 5.69 Å². The number of nitro groups is 1. The maximum Gasteiger partial charge on any atom is 0.311 e. The van der Waals surface area contributed by atoms with Crippen molar-refractivity contribution in [2.75, 3.05) is 0 Å². The lowest BCUT2D eigenvalue weighted by Gasteiger charge is -2.07. The molecule has 0 saturated carbocycles. The van der Waals surface area contributed by atoms with Crippen LogP contribution in [0.5, 0.6) is 5.75 Å². The first kappa shape index (κ1) is 14.2. The van der Waals surface area contributed by atoms with Gasteiger partial charge in [-0.1, -0.05) is 6.07 Å². The fourth-order valence-corrected chi connectivity index (χ4v) is 1.13. The van der Waals surface area contributed by atoms with Gasteiger partial charge in [-0.15, -0.1) is 12.4 Å². The Kier molecular flexibility index (Phi) is 5.22. The first-order valence-electron chi connectivity index (χ1n) is 4.16. The fraction of sp³-hybridized carbons (Fsp3) is 0.222. The molecule has 1 aromatic carbocycles. The topological polar surface area (TPSA) is 113 Å². The number of nitrogens with two attached hydrogens (primary N) is 1. The molecule has 1 atom stereocenters. The Morgan fingerprint density at radius 3 is 2.75 bits per heavy atom. The van der Waals surface area contributed by atoms with Crippen LogP contribution in [0, 0.1) is 21.4 Å². The number of nitriles is 1. The minimum Gasteiger partial charge on any atom is -0.502 e. The zero-order valence-corrected chi connectivity index (χ0v) is 8.98. The number of rotatable bonds is 3. The molecule has 0 heterocycles. The predicted molar refractivity (Wildman–Crippen MR) is 59.2 cm³/mol. The Hall–Kier alpha value is -1.84. The van der Waals surface area contributed by atoms with Crippen LogP contribution < -0.4 is 5.73 Å². The Balaban J connectivity index is 0.00000225. The lowest BCUT2D eigenvalue weighted by atomic mass is 10.0. The van der Waals surface area contributed by atoms with Crippen LogP contribution in [0.3, 0.4) is 0 Å². The van der Waals surface area contributed by atoms with Crippen molar-refractivity contribution in [2.24, 2.45) is 5.73 Å². The van der Waals surface area contributed by atoms with Crippen molar-refractivity contribution >= 4 is 18.1 Å². The zero-order valence-electron chi connectivity index (χ0n) is 8.16. The number of hydrogen-bond donors (Lipinski definition) is 2. The van der Waals surface area contributed by atoms with E-state index >= 15 is 0 Å². The highest BCUT2D eigenvalue weighted by atomic mass is 35.5. The molecule has 0 unspecified atom stereocenters. The van der Waals surface area contributed by atoms with Gasteiger partial charge in [0.05, 0.1) is 17.4 Å². The SMILES string of the molecule is Cl.N#CC[C@@H](N)c1ccc(O)c([N+](=O)[O-])c1. The molecule has 0 aromatic heterocycles. The van der Waals surface area contributed by atoms with Crippen molar-refractivity contribution in [1.29, 1.82) is 5.26 Å². The maximum atomic E-state index is 10.5. The van der Waals surface area contributed by atoms with Gasteiger partial charge in [0.25, 0.3) is 0 Å². The van der Waals surface area contributed by atoms with Gasteiger partial charge < -0.3 is 10.8 Å². The normalized spacial score (nSPS) is 11.0. The van der Waals surface area contributed by atoms with Gasteiger partial charge in [-0.2, -0.15) is 5.26 Å². The van der Waals surface area contributed by atoms with E-state index in [0.717, 1.165) is 0 Å². The van der Waals surface area contributed by atoms with Gasteiger partial charge in [0.1, 0.15) is 0 Å². The van der Waals surface area contributed by atoms with E-state index < -0.39 is 22.4 Å². The van der Waals surface area contributed by atoms with Crippen molar-refractivity contribution in [1.82, 2.24) is 0 Å². The van der Waals surface area contributed by atoms with Crippen LogP contribution in [-0.4, -0.2) is 10.0 Å². The molecule has 6 nitrogen and oxygen atoms in total. The number of halogens is 1. The van der Waals surface area contributed by atoms with E-state index in [4.69, 9.17) is 16.1 Å². The summed E-state index contributed by atoms with van der Waals surface area (Å²) in [5, 5.41) is 28.1. The third-order valence-corrected chi connectivity index (χ3v) is 1.94. The Bertz CT molecular complexity index is 430. The monoisotopic (exact) mass is 243 g/mol. The van der Waals surface area contributed by atoms with Gasteiger partial charge >= 0.3 is 5.69 Å². The van der Waals surface area contributed by atoms with Crippen molar-refractivity contribution in [3.8, 4) is 11.8 Å². The third-order valence-electron chi connectivity index (χ3n) is 1.94. The van der Waals surface area contributed by atoms with Crippen LogP contribution in [0.2, 0.25) is 0 Å². The second-order valence-corrected chi connectivity index (χ2v) is 2.97. The van der Waals surface area contributed by atoms with Crippen LogP contribution >= 0.6 is 12.4 Å². The number of aromatic hydroxyl groups is 1. The highest BCUT2D eigenvalue weighted by Gasteiger charge is 2.16. The molecule has 0 aliphatic heterocycles. The van der Waals surface area contributed by atoms with Crippen molar-refractivity contribution in [2.45, 2.75) is 12.5 Å². The molecule has 0 saturated heterocycles. The highest BCUT2D eigenvalue weighted by molar-refractivity contribution is 5.85. The molecule has 86 valence electrons. The summed E-state index contributed by atoms with van der Waals surface area (Å²) in [6.07, 6.45) is 0.0714. The van der Waals surface area contributed by atoms with E-state index in [1.54, 1.807) is 0 Å². The number of nitro benzene ring substituents is 1. The minimum absolute atomic E-state index is 0. The van der Waals surface area contributed by atoms with E-state index in [1.807, 2.05) is 6.07 Å². The first-order chi connectivity index (χ1) is 7.06. The van der Waals surface area contributed by atoms with Crippen LogP contribution in [-0.2, 0) is 0 Å². The zero-order chi connectivity index (χ0) is 11.4. The molecule has 1 rings (SSSR count). The molecule has 0 aliphatic rings. The molecule has 0 amide bonds. The number of phenolic OH excluding ortho intramolecular Hbond substituents is 1. The number of nitrogens with zero attached hydrogens (tertiary/aromatic N) is 2. The van der Waals surface area contributed by atoms with Crippen LogP contribution in [0.25, 0.3) is 0 Å². The summed E-state index contributed by atoms with van der Waals surface area (Å²) in [4.78, 5) is 9.80. The van der Waals surface area contributed by atoms with E-state index in [2.05, 4.69) is 0 Å². The summed E-state index contributed by atoms with van der Waals surface area (Å²) in [5.41, 5.74) is 5.66. The molecule has 1 aromatic rings. The van der Waals surface area contributed by atoms with Crippen LogP contribution in [0.1, 0.15) is 18.0 Å². The standard InChI is InChI=1S/C9H9N3O3.ClH/c10-4-3-7(11)6-1-2-9(13)8(5-6)12(14)15;/h1-2,5,7,13H,3,11H2;1H/t7-;/m1./s1. The first-order valence-corrected chi connectivity index (χ1v) is 4.16. The molecular formula is C9H10ClN3O3. The van der Waals surface area contributed by atoms with Crippen LogP contribution in [0.15, 0.2) is 18.2 Å². The maximum absolute atomic E-state index is 10.5. The highest BCUT2D eigenvalue weighted by Crippen LogP contribution is 2.28. The summed E-state index contributed by atoms with van der Waals surface area (Å²) in [7, 11) is 0. The van der Waals surface area contributed by atoms with Gasteiger partial charge in [0.15, 0.2) is 5.75 Å². The third kappa shape index (κ3) is 3.08. The summed E-state index contributed by atoms with van der Waals surface area (Å²) in [6.45, 7) is 0. The van der Waals surface area contributed by atoms with Gasteiger partial charge in [-0.25, -0.2) is 0 Å². The fourth-order valence-electron chi connectivity index (χ4n) is 1.13. The molecule has 16 heavy (non-hydrogen) atoms. The van der Waals surface area contributed by atoms with Crippen molar-refractivity contribution in [3.63, 3.8) is 0 Å². The summed E-state index contributed by atoms with van der Waals surface area (Å²) in [6, 6.07) is 5.14. The van der Waals surface area contributed by atoms with Gasteiger partial charge in [-0.05, 0) is 11.6 Å². The Morgan fingerprint density at radius 2 is 2.25 bits per heavy atom. The summed E-state index contributed by atoms with van der Waals surface area (Å²) >= 11 is 0. The minimum atomic E-state index is -0.697. The smallest absolute Gasteiger partial charge is 0.311 e. The van der Waals surface area contributed by atoms with Gasteiger partial charge in [-0.3, -0.25) is 10.1 Å². The summed E-state index contributed by atoms with van der Waals surface area (Å²) in [5.74, 6) is -0.409. The number of phenols is 1. The summed E-state index contributed by atoms with van der Waals surface area (Å²) < 4.78 is 0. The molecule has 0 aliphatic carbocycles. The largest absolute Gasteiger partial charge is 0.502 e. The van der Waals surface area contributed by atoms with E-state index in [-0.39, 0.29) is 18.8 Å². The second kappa shape index (κ2) is 5.90. The average molecular weight is 244 g/mol. The molecule has 0 bridgehead atoms. The number of benzene rings is 1. The molecule has 0 fully saturated rings. The van der Waals surface area contributed by atoms with Crippen molar-refractivity contribution in [3.05, 3.63) is 33.9 Å². The van der Waals surface area contributed by atoms with Gasteiger partial charge in [0.2, 0.25) is 0 Å². The second-order valence-electron chi connectivity index (χ2n) is 2.97. The van der Waals surface area contributed by atoms with E-state index in [9.17, 15) is 10.1 Å². The predicted octanol–water partition coefficient (Wildman–Crippen LogP) is 1.64. The molecular weight excluding hydrogens is 234 g/mol. The lowest BCUT2D eigenvalue weighted by molar-refractivity contribution is -0.385.